The molecule has 4 nitrogen and oxygen atoms in total. The van der Waals surface area contributed by atoms with Crippen molar-refractivity contribution in [3.8, 4) is 5.75 Å². The quantitative estimate of drug-likeness (QED) is 0.498. The van der Waals surface area contributed by atoms with Crippen molar-refractivity contribution in [3.05, 3.63) is 69.8 Å². The Bertz CT molecular complexity index is 616. The number of aryl methyl sites for hydroxylation is 1. The first kappa shape index (κ1) is 15.4. The highest BCUT2D eigenvalue weighted by molar-refractivity contribution is 7.80. The molecular formula is C16H17NO3S. The summed E-state index contributed by atoms with van der Waals surface area (Å²) in [4.78, 5) is 10.7. The molecule has 0 N–H and O–H groups in total. The fourth-order valence-corrected chi connectivity index (χ4v) is 2.47. The molecule has 0 aliphatic carbocycles. The zero-order valence-electron chi connectivity index (χ0n) is 11.7. The largest absolute Gasteiger partial charge is 0.486 e. The molecule has 1 atom stereocenters. The van der Waals surface area contributed by atoms with E-state index in [1.165, 1.54) is 0 Å². The van der Waals surface area contributed by atoms with Crippen molar-refractivity contribution in [3.63, 3.8) is 0 Å². The number of rotatable bonds is 6. The summed E-state index contributed by atoms with van der Waals surface area (Å²) in [6, 6.07) is 15.0. The van der Waals surface area contributed by atoms with Gasteiger partial charge in [0.05, 0.1) is 11.5 Å². The normalized spacial score (nSPS) is 11.9. The molecule has 2 aromatic rings. The van der Waals surface area contributed by atoms with Crippen LogP contribution in [0.3, 0.4) is 0 Å². The van der Waals surface area contributed by atoms with Crippen LogP contribution in [0.15, 0.2) is 48.5 Å². The van der Waals surface area contributed by atoms with E-state index in [-0.39, 0.29) is 11.6 Å². The van der Waals surface area contributed by atoms with E-state index < -0.39 is 4.92 Å². The molecule has 0 saturated heterocycles. The number of hydrogen-bond acceptors (Lipinski definition) is 4. The van der Waals surface area contributed by atoms with Gasteiger partial charge in [-0.15, -0.1) is 0 Å². The highest BCUT2D eigenvalue weighted by Crippen LogP contribution is 2.31. The Morgan fingerprint density at radius 3 is 2.52 bits per heavy atom. The lowest BCUT2D eigenvalue weighted by atomic mass is 10.0. The molecule has 1 unspecified atom stereocenters. The molecule has 0 saturated carbocycles. The molecule has 0 aliphatic rings. The summed E-state index contributed by atoms with van der Waals surface area (Å²) in [5.41, 5.74) is 1.74. The van der Waals surface area contributed by atoms with Gasteiger partial charge in [-0.3, -0.25) is 10.1 Å². The van der Waals surface area contributed by atoms with Crippen LogP contribution in [-0.2, 0) is 0 Å². The minimum absolute atomic E-state index is 0.0310. The van der Waals surface area contributed by atoms with Gasteiger partial charge >= 0.3 is 5.69 Å². The van der Waals surface area contributed by atoms with Gasteiger partial charge in [0, 0.05) is 17.2 Å². The Hall–Kier alpha value is -2.01. The molecule has 110 valence electrons. The van der Waals surface area contributed by atoms with Crippen LogP contribution in [0.5, 0.6) is 5.75 Å². The van der Waals surface area contributed by atoms with Gasteiger partial charge in [-0.25, -0.2) is 0 Å². The Morgan fingerprint density at radius 1 is 1.19 bits per heavy atom. The average Bonchev–Trinajstić information content (AvgIpc) is 2.48. The van der Waals surface area contributed by atoms with Gasteiger partial charge in [-0.2, -0.15) is 12.6 Å². The van der Waals surface area contributed by atoms with Crippen LogP contribution >= 0.6 is 12.6 Å². The van der Waals surface area contributed by atoms with Crippen molar-refractivity contribution >= 4 is 18.3 Å². The van der Waals surface area contributed by atoms with Crippen molar-refractivity contribution in [1.82, 2.24) is 0 Å². The maximum atomic E-state index is 11.1. The smallest absolute Gasteiger partial charge is 0.313 e. The molecule has 2 aromatic carbocycles. The van der Waals surface area contributed by atoms with Gasteiger partial charge in [0.25, 0.3) is 0 Å². The lowest BCUT2D eigenvalue weighted by molar-refractivity contribution is -0.386. The predicted molar refractivity (Wildman–Crippen MR) is 86.4 cm³/mol. The standard InChI is InChI=1S/C16H17NO3S/c1-12-6-5-9-15(16(12)17(18)19)20-10-14(11-21)13-7-3-2-4-8-13/h2-9,14,21H,10-11H2,1H3. The second kappa shape index (κ2) is 7.13. The van der Waals surface area contributed by atoms with E-state index in [0.717, 1.165) is 5.56 Å². The van der Waals surface area contributed by atoms with Crippen molar-refractivity contribution < 1.29 is 9.66 Å². The van der Waals surface area contributed by atoms with E-state index >= 15 is 0 Å². The monoisotopic (exact) mass is 303 g/mol. The van der Waals surface area contributed by atoms with Crippen molar-refractivity contribution in [2.45, 2.75) is 12.8 Å². The Labute approximate surface area is 129 Å². The summed E-state index contributed by atoms with van der Waals surface area (Å²) in [6.45, 7) is 2.07. The molecule has 0 radical (unpaired) electrons. The first-order valence-corrected chi connectivity index (χ1v) is 7.29. The first-order chi connectivity index (χ1) is 10.1. The minimum atomic E-state index is -0.400. The molecule has 0 aromatic heterocycles. The third kappa shape index (κ3) is 3.76. The Balaban J connectivity index is 2.16. The fourth-order valence-electron chi connectivity index (χ4n) is 2.15. The van der Waals surface area contributed by atoms with Gasteiger partial charge < -0.3 is 4.74 Å². The molecular weight excluding hydrogens is 286 g/mol. The summed E-state index contributed by atoms with van der Waals surface area (Å²) in [7, 11) is 0. The molecule has 5 heteroatoms. The third-order valence-electron chi connectivity index (χ3n) is 3.31. The van der Waals surface area contributed by atoms with E-state index in [9.17, 15) is 10.1 Å². The van der Waals surface area contributed by atoms with E-state index in [1.807, 2.05) is 30.3 Å². The van der Waals surface area contributed by atoms with Gasteiger partial charge in [-0.1, -0.05) is 42.5 Å². The molecule has 21 heavy (non-hydrogen) atoms. The van der Waals surface area contributed by atoms with Crippen LogP contribution in [0, 0.1) is 17.0 Å². The van der Waals surface area contributed by atoms with E-state index in [0.29, 0.717) is 23.7 Å². The third-order valence-corrected chi connectivity index (χ3v) is 3.76. The predicted octanol–water partition coefficient (Wildman–Crippen LogP) is 4.00. The van der Waals surface area contributed by atoms with E-state index in [2.05, 4.69) is 12.6 Å². The maximum Gasteiger partial charge on any atom is 0.313 e. The number of para-hydroxylation sites is 1. The summed E-state index contributed by atoms with van der Waals surface area (Å²) in [5.74, 6) is 1.02. The van der Waals surface area contributed by atoms with Crippen LogP contribution in [0.4, 0.5) is 5.69 Å². The number of hydrogen-bond donors (Lipinski definition) is 1. The number of nitro groups is 1. The van der Waals surface area contributed by atoms with E-state index in [4.69, 9.17) is 4.74 Å². The second-order valence-corrected chi connectivity index (χ2v) is 5.15. The van der Waals surface area contributed by atoms with Gasteiger partial charge in [0.1, 0.15) is 0 Å². The summed E-state index contributed by atoms with van der Waals surface area (Å²) in [6.07, 6.45) is 0. The SMILES string of the molecule is Cc1cccc(OCC(CS)c2ccccc2)c1[N+](=O)[O-]. The van der Waals surface area contributed by atoms with Crippen LogP contribution in [0.1, 0.15) is 17.0 Å². The topological polar surface area (TPSA) is 52.4 Å². The van der Waals surface area contributed by atoms with Crippen LogP contribution in [0.25, 0.3) is 0 Å². The Kier molecular flexibility index (Phi) is 5.22. The summed E-state index contributed by atoms with van der Waals surface area (Å²) < 4.78 is 5.70. The number of ether oxygens (including phenoxy) is 1. The highest BCUT2D eigenvalue weighted by Gasteiger charge is 2.19. The number of nitrogens with zero attached hydrogens (tertiary/aromatic N) is 1. The van der Waals surface area contributed by atoms with Crippen molar-refractivity contribution in [2.75, 3.05) is 12.4 Å². The highest BCUT2D eigenvalue weighted by atomic mass is 32.1. The Morgan fingerprint density at radius 2 is 1.90 bits per heavy atom. The van der Waals surface area contributed by atoms with Crippen molar-refractivity contribution in [1.29, 1.82) is 0 Å². The molecule has 0 heterocycles. The summed E-state index contributed by atoms with van der Waals surface area (Å²) >= 11 is 4.35. The first-order valence-electron chi connectivity index (χ1n) is 6.66. The van der Waals surface area contributed by atoms with E-state index in [1.54, 1.807) is 25.1 Å². The molecule has 0 spiro atoms. The molecule has 0 amide bonds. The van der Waals surface area contributed by atoms with Crippen LogP contribution < -0.4 is 4.74 Å². The zero-order valence-corrected chi connectivity index (χ0v) is 12.6. The molecule has 2 rings (SSSR count). The molecule has 0 aliphatic heterocycles. The maximum absolute atomic E-state index is 11.1. The number of thiol groups is 1. The van der Waals surface area contributed by atoms with Gasteiger partial charge in [0.2, 0.25) is 0 Å². The minimum Gasteiger partial charge on any atom is -0.486 e. The van der Waals surface area contributed by atoms with Gasteiger partial charge in [0.15, 0.2) is 5.75 Å². The summed E-state index contributed by atoms with van der Waals surface area (Å²) in [5, 5.41) is 11.1. The zero-order chi connectivity index (χ0) is 15.2. The van der Waals surface area contributed by atoms with Gasteiger partial charge in [-0.05, 0) is 18.6 Å². The van der Waals surface area contributed by atoms with Crippen molar-refractivity contribution in [2.24, 2.45) is 0 Å². The lowest BCUT2D eigenvalue weighted by Crippen LogP contribution is -2.12. The number of nitro benzene ring substituents is 1. The fraction of sp³-hybridized carbons (Fsp3) is 0.250. The number of benzene rings is 2. The molecule has 0 bridgehead atoms. The van der Waals surface area contributed by atoms with Crippen LogP contribution in [0.2, 0.25) is 0 Å². The average molecular weight is 303 g/mol. The van der Waals surface area contributed by atoms with Crippen LogP contribution in [-0.4, -0.2) is 17.3 Å². The molecule has 0 fully saturated rings. The second-order valence-electron chi connectivity index (χ2n) is 4.78. The lowest BCUT2D eigenvalue weighted by Gasteiger charge is -2.16.